The van der Waals surface area contributed by atoms with E-state index >= 15 is 0 Å². The fourth-order valence-corrected chi connectivity index (χ4v) is 2.74. The summed E-state index contributed by atoms with van der Waals surface area (Å²) in [5.41, 5.74) is 0. The van der Waals surface area contributed by atoms with E-state index in [1.807, 2.05) is 6.92 Å². The molecule has 1 saturated heterocycles. The molecule has 3 unspecified atom stereocenters. The Morgan fingerprint density at radius 2 is 2.06 bits per heavy atom. The molecule has 0 aromatic heterocycles. The Morgan fingerprint density at radius 1 is 1.35 bits per heavy atom. The summed E-state index contributed by atoms with van der Waals surface area (Å²) in [5.74, 6) is 0.834. The van der Waals surface area contributed by atoms with Crippen molar-refractivity contribution >= 4 is 5.91 Å². The number of rotatable bonds is 4. The normalized spacial score (nSPS) is 31.6. The van der Waals surface area contributed by atoms with E-state index < -0.39 is 0 Å². The number of ether oxygens (including phenoxy) is 1. The van der Waals surface area contributed by atoms with Crippen LogP contribution in [0.15, 0.2) is 0 Å². The van der Waals surface area contributed by atoms with Gasteiger partial charge in [-0.05, 0) is 31.8 Å². The molecule has 2 rings (SSSR count). The number of carbonyl (C=O) groups is 1. The van der Waals surface area contributed by atoms with E-state index in [2.05, 4.69) is 10.6 Å². The average Bonchev–Trinajstić information content (AvgIpc) is 2.27. The van der Waals surface area contributed by atoms with Gasteiger partial charge in [-0.3, -0.25) is 4.79 Å². The van der Waals surface area contributed by atoms with Gasteiger partial charge in [-0.15, -0.1) is 0 Å². The topological polar surface area (TPSA) is 50.4 Å². The monoisotopic (exact) mass is 240 g/mol. The molecule has 1 amide bonds. The Balaban J connectivity index is 1.83. The summed E-state index contributed by atoms with van der Waals surface area (Å²) in [5, 5.41) is 6.39. The predicted octanol–water partition coefficient (Wildman–Crippen LogP) is 0.916. The molecule has 4 nitrogen and oxygen atoms in total. The highest BCUT2D eigenvalue weighted by atomic mass is 16.5. The molecule has 0 aromatic rings. The SMILES string of the molecule is COC1CCCCC1NC(=O)C(C)C1CNC1. The van der Waals surface area contributed by atoms with E-state index in [-0.39, 0.29) is 24.0 Å². The van der Waals surface area contributed by atoms with Crippen LogP contribution in [-0.4, -0.2) is 38.3 Å². The fourth-order valence-electron chi connectivity index (χ4n) is 2.74. The van der Waals surface area contributed by atoms with Crippen LogP contribution in [0.3, 0.4) is 0 Å². The number of carbonyl (C=O) groups excluding carboxylic acids is 1. The minimum atomic E-state index is 0.121. The summed E-state index contributed by atoms with van der Waals surface area (Å²) >= 11 is 0. The zero-order valence-corrected chi connectivity index (χ0v) is 10.9. The minimum Gasteiger partial charge on any atom is -0.379 e. The van der Waals surface area contributed by atoms with E-state index in [1.54, 1.807) is 7.11 Å². The molecule has 0 spiro atoms. The number of hydrogen-bond donors (Lipinski definition) is 2. The summed E-state index contributed by atoms with van der Waals surface area (Å²) in [6.45, 7) is 3.99. The van der Waals surface area contributed by atoms with Crippen molar-refractivity contribution in [2.24, 2.45) is 11.8 Å². The molecular weight excluding hydrogens is 216 g/mol. The molecule has 17 heavy (non-hydrogen) atoms. The van der Waals surface area contributed by atoms with Crippen molar-refractivity contribution in [3.8, 4) is 0 Å². The highest BCUT2D eigenvalue weighted by Gasteiger charge is 2.32. The number of hydrogen-bond acceptors (Lipinski definition) is 3. The number of amides is 1. The standard InChI is InChI=1S/C13H24N2O2/c1-9(10-7-14-8-10)13(16)15-11-5-3-4-6-12(11)17-2/h9-12,14H,3-8H2,1-2H3,(H,15,16). The lowest BCUT2D eigenvalue weighted by molar-refractivity contribution is -0.129. The smallest absolute Gasteiger partial charge is 0.223 e. The highest BCUT2D eigenvalue weighted by Crippen LogP contribution is 2.22. The first-order valence-corrected chi connectivity index (χ1v) is 6.76. The van der Waals surface area contributed by atoms with Gasteiger partial charge in [0.25, 0.3) is 0 Å². The second-order valence-electron chi connectivity index (χ2n) is 5.38. The molecule has 4 heteroatoms. The van der Waals surface area contributed by atoms with Crippen LogP contribution in [0.4, 0.5) is 0 Å². The number of methoxy groups -OCH3 is 1. The van der Waals surface area contributed by atoms with Crippen LogP contribution < -0.4 is 10.6 Å². The quantitative estimate of drug-likeness (QED) is 0.768. The number of nitrogens with one attached hydrogen (secondary N) is 2. The maximum absolute atomic E-state index is 12.1. The van der Waals surface area contributed by atoms with Crippen molar-refractivity contribution in [1.29, 1.82) is 0 Å². The van der Waals surface area contributed by atoms with Crippen LogP contribution in [0.5, 0.6) is 0 Å². The summed E-state index contributed by atoms with van der Waals surface area (Å²) in [4.78, 5) is 12.1. The molecule has 2 aliphatic rings. The van der Waals surface area contributed by atoms with Crippen LogP contribution in [0.2, 0.25) is 0 Å². The molecule has 0 bridgehead atoms. The third kappa shape index (κ3) is 2.99. The van der Waals surface area contributed by atoms with Crippen LogP contribution in [-0.2, 0) is 9.53 Å². The molecule has 98 valence electrons. The van der Waals surface area contributed by atoms with Gasteiger partial charge in [0.1, 0.15) is 0 Å². The lowest BCUT2D eigenvalue weighted by Crippen LogP contribution is -2.53. The van der Waals surface area contributed by atoms with Gasteiger partial charge in [-0.2, -0.15) is 0 Å². The van der Waals surface area contributed by atoms with Gasteiger partial charge in [-0.25, -0.2) is 0 Å². The molecular formula is C13H24N2O2. The van der Waals surface area contributed by atoms with Crippen LogP contribution >= 0.6 is 0 Å². The fraction of sp³-hybridized carbons (Fsp3) is 0.923. The van der Waals surface area contributed by atoms with Crippen molar-refractivity contribution in [3.63, 3.8) is 0 Å². The van der Waals surface area contributed by atoms with Crippen LogP contribution in [0, 0.1) is 11.8 Å². The van der Waals surface area contributed by atoms with Gasteiger partial charge in [0.05, 0.1) is 12.1 Å². The molecule has 0 aromatic carbocycles. The molecule has 0 radical (unpaired) electrons. The first-order chi connectivity index (χ1) is 8.22. The third-order valence-corrected chi connectivity index (χ3v) is 4.27. The Morgan fingerprint density at radius 3 is 2.65 bits per heavy atom. The minimum absolute atomic E-state index is 0.121. The molecule has 1 aliphatic heterocycles. The van der Waals surface area contributed by atoms with Gasteiger partial charge < -0.3 is 15.4 Å². The molecule has 2 N–H and O–H groups in total. The van der Waals surface area contributed by atoms with Crippen molar-refractivity contribution in [3.05, 3.63) is 0 Å². The van der Waals surface area contributed by atoms with Crippen LogP contribution in [0.25, 0.3) is 0 Å². The summed E-state index contributed by atoms with van der Waals surface area (Å²) in [6, 6.07) is 0.219. The molecule has 1 saturated carbocycles. The van der Waals surface area contributed by atoms with Gasteiger partial charge in [0.15, 0.2) is 0 Å². The molecule has 2 fully saturated rings. The van der Waals surface area contributed by atoms with Crippen molar-refractivity contribution in [2.45, 2.75) is 44.8 Å². The maximum Gasteiger partial charge on any atom is 0.223 e. The first-order valence-electron chi connectivity index (χ1n) is 6.76. The van der Waals surface area contributed by atoms with E-state index in [1.165, 1.54) is 12.8 Å². The zero-order chi connectivity index (χ0) is 12.3. The Labute approximate surface area is 103 Å². The lowest BCUT2D eigenvalue weighted by Gasteiger charge is -2.35. The van der Waals surface area contributed by atoms with Gasteiger partial charge in [-0.1, -0.05) is 19.8 Å². The van der Waals surface area contributed by atoms with Gasteiger partial charge in [0.2, 0.25) is 5.91 Å². The summed E-state index contributed by atoms with van der Waals surface area (Å²) in [7, 11) is 1.74. The van der Waals surface area contributed by atoms with Gasteiger partial charge >= 0.3 is 0 Å². The maximum atomic E-state index is 12.1. The summed E-state index contributed by atoms with van der Waals surface area (Å²) in [6.07, 6.45) is 4.75. The Kier molecular flexibility index (Phi) is 4.40. The second-order valence-corrected chi connectivity index (χ2v) is 5.38. The van der Waals surface area contributed by atoms with E-state index in [0.29, 0.717) is 5.92 Å². The lowest BCUT2D eigenvalue weighted by atomic mass is 9.87. The molecule has 1 aliphatic carbocycles. The predicted molar refractivity (Wildman–Crippen MR) is 66.7 cm³/mol. The zero-order valence-electron chi connectivity index (χ0n) is 10.9. The largest absolute Gasteiger partial charge is 0.379 e. The summed E-state index contributed by atoms with van der Waals surface area (Å²) < 4.78 is 5.46. The van der Waals surface area contributed by atoms with Crippen molar-refractivity contribution in [1.82, 2.24) is 10.6 Å². The first kappa shape index (κ1) is 12.8. The van der Waals surface area contributed by atoms with Crippen LogP contribution in [0.1, 0.15) is 32.6 Å². The van der Waals surface area contributed by atoms with Crippen molar-refractivity contribution < 1.29 is 9.53 Å². The third-order valence-electron chi connectivity index (χ3n) is 4.27. The second kappa shape index (κ2) is 5.83. The Hall–Kier alpha value is -0.610. The van der Waals surface area contributed by atoms with E-state index in [0.717, 1.165) is 25.9 Å². The highest BCUT2D eigenvalue weighted by molar-refractivity contribution is 5.79. The molecule has 3 atom stereocenters. The van der Waals surface area contributed by atoms with Gasteiger partial charge in [0, 0.05) is 13.0 Å². The van der Waals surface area contributed by atoms with E-state index in [9.17, 15) is 4.79 Å². The Bertz CT molecular complexity index is 266. The van der Waals surface area contributed by atoms with Crippen molar-refractivity contribution in [2.75, 3.05) is 20.2 Å². The average molecular weight is 240 g/mol. The molecule has 1 heterocycles. The van der Waals surface area contributed by atoms with E-state index in [4.69, 9.17) is 4.74 Å².